The van der Waals surface area contributed by atoms with Crippen LogP contribution in [0.1, 0.15) is 16.3 Å². The monoisotopic (exact) mass is 368 g/mol. The summed E-state index contributed by atoms with van der Waals surface area (Å²) in [5.74, 6) is -1.24. The van der Waals surface area contributed by atoms with Crippen LogP contribution in [0.5, 0.6) is 0 Å². The van der Waals surface area contributed by atoms with Crippen LogP contribution in [-0.2, 0) is 6.54 Å². The smallest absolute Gasteiger partial charge is 0.371 e. The Kier molecular flexibility index (Phi) is 3.81. The maximum absolute atomic E-state index is 12.7. The number of aromatic amines is 1. The largest absolute Gasteiger partial charge is 0.475 e. The van der Waals surface area contributed by atoms with Crippen LogP contribution in [-0.4, -0.2) is 20.6 Å². The normalized spacial score (nSPS) is 11.1. The van der Waals surface area contributed by atoms with Gasteiger partial charge < -0.3 is 9.52 Å². The SMILES string of the molecule is O=C(O)c1ccc(Cn2c(=O)[nH]c3sc(-c4ccccc4)cc3c2=O)o1. The fourth-order valence-corrected chi connectivity index (χ4v) is 3.71. The molecule has 0 unspecified atom stereocenters. The summed E-state index contributed by atoms with van der Waals surface area (Å²) in [5.41, 5.74) is -0.0645. The van der Waals surface area contributed by atoms with Gasteiger partial charge in [-0.15, -0.1) is 11.3 Å². The summed E-state index contributed by atoms with van der Waals surface area (Å²) in [5, 5.41) is 9.30. The number of H-pyrrole nitrogens is 1. The molecule has 0 spiro atoms. The minimum absolute atomic E-state index is 0.145. The first kappa shape index (κ1) is 16.1. The summed E-state index contributed by atoms with van der Waals surface area (Å²) < 4.78 is 6.13. The molecule has 0 saturated heterocycles. The van der Waals surface area contributed by atoms with Crippen molar-refractivity contribution in [1.82, 2.24) is 9.55 Å². The van der Waals surface area contributed by atoms with E-state index in [1.807, 2.05) is 30.3 Å². The van der Waals surface area contributed by atoms with Gasteiger partial charge in [0.15, 0.2) is 0 Å². The topological polar surface area (TPSA) is 105 Å². The molecule has 0 bridgehead atoms. The molecule has 0 atom stereocenters. The number of nitrogens with one attached hydrogen (secondary N) is 1. The zero-order valence-corrected chi connectivity index (χ0v) is 14.1. The maximum Gasteiger partial charge on any atom is 0.371 e. The van der Waals surface area contributed by atoms with Crippen molar-refractivity contribution in [3.8, 4) is 10.4 Å². The van der Waals surface area contributed by atoms with Crippen LogP contribution in [0, 0.1) is 0 Å². The second-order valence-electron chi connectivity index (χ2n) is 5.61. The van der Waals surface area contributed by atoms with Gasteiger partial charge in [0.25, 0.3) is 5.56 Å². The second kappa shape index (κ2) is 6.16. The van der Waals surface area contributed by atoms with E-state index in [-0.39, 0.29) is 18.1 Å². The number of aromatic carboxylic acids is 1. The minimum atomic E-state index is -1.21. The van der Waals surface area contributed by atoms with E-state index in [4.69, 9.17) is 9.52 Å². The highest BCUT2D eigenvalue weighted by Crippen LogP contribution is 2.30. The van der Waals surface area contributed by atoms with Gasteiger partial charge in [0, 0.05) is 4.88 Å². The van der Waals surface area contributed by atoms with E-state index >= 15 is 0 Å². The quantitative estimate of drug-likeness (QED) is 0.576. The second-order valence-corrected chi connectivity index (χ2v) is 6.66. The van der Waals surface area contributed by atoms with Crippen molar-refractivity contribution >= 4 is 27.5 Å². The number of carboxylic acids is 1. The molecule has 130 valence electrons. The van der Waals surface area contributed by atoms with Crippen molar-refractivity contribution < 1.29 is 14.3 Å². The zero-order valence-electron chi connectivity index (χ0n) is 13.3. The lowest BCUT2D eigenvalue weighted by molar-refractivity contribution is 0.0660. The van der Waals surface area contributed by atoms with Crippen LogP contribution in [0.3, 0.4) is 0 Å². The molecule has 2 N–H and O–H groups in total. The highest BCUT2D eigenvalue weighted by Gasteiger charge is 2.15. The number of hydrogen-bond acceptors (Lipinski definition) is 5. The molecule has 0 aliphatic rings. The number of rotatable bonds is 4. The highest BCUT2D eigenvalue weighted by molar-refractivity contribution is 7.21. The number of hydrogen-bond donors (Lipinski definition) is 2. The van der Waals surface area contributed by atoms with Crippen molar-refractivity contribution in [3.05, 3.63) is 80.9 Å². The molecule has 1 aromatic carbocycles. The fraction of sp³-hybridized carbons (Fsp3) is 0.0556. The lowest BCUT2D eigenvalue weighted by Crippen LogP contribution is -2.34. The Bertz CT molecular complexity index is 1230. The van der Waals surface area contributed by atoms with Crippen LogP contribution in [0.25, 0.3) is 20.7 Å². The number of carboxylic acid groups (broad SMARTS) is 1. The number of benzene rings is 1. The standard InChI is InChI=1S/C18H12N2O5S/c21-16-12-8-14(10-4-2-1-3-5-10)26-15(12)19-18(24)20(16)9-11-6-7-13(25-11)17(22)23/h1-8H,9H2,(H,19,24)(H,22,23). The maximum atomic E-state index is 12.7. The molecule has 0 aliphatic heterocycles. The van der Waals surface area contributed by atoms with Crippen molar-refractivity contribution in [2.24, 2.45) is 0 Å². The first-order valence-corrected chi connectivity index (χ1v) is 8.48. The lowest BCUT2D eigenvalue weighted by Gasteiger charge is -2.02. The van der Waals surface area contributed by atoms with Gasteiger partial charge in [-0.2, -0.15) is 0 Å². The number of nitrogens with zero attached hydrogens (tertiary/aromatic N) is 1. The molecule has 26 heavy (non-hydrogen) atoms. The molecule has 3 aromatic heterocycles. The fourth-order valence-electron chi connectivity index (χ4n) is 2.67. The van der Waals surface area contributed by atoms with E-state index < -0.39 is 17.2 Å². The Morgan fingerprint density at radius 1 is 1.15 bits per heavy atom. The average molecular weight is 368 g/mol. The van der Waals surface area contributed by atoms with E-state index in [1.54, 1.807) is 6.07 Å². The molecule has 0 aliphatic carbocycles. The van der Waals surface area contributed by atoms with Crippen molar-refractivity contribution in [3.63, 3.8) is 0 Å². The van der Waals surface area contributed by atoms with Gasteiger partial charge in [0.05, 0.1) is 11.9 Å². The van der Waals surface area contributed by atoms with Crippen LogP contribution in [0.4, 0.5) is 0 Å². The van der Waals surface area contributed by atoms with Gasteiger partial charge in [0.2, 0.25) is 5.76 Å². The van der Waals surface area contributed by atoms with E-state index in [2.05, 4.69) is 4.98 Å². The van der Waals surface area contributed by atoms with E-state index in [0.29, 0.717) is 10.2 Å². The third kappa shape index (κ3) is 2.76. The third-order valence-corrected chi connectivity index (χ3v) is 5.02. The third-order valence-electron chi connectivity index (χ3n) is 3.92. The Balaban J connectivity index is 1.79. The predicted molar refractivity (Wildman–Crippen MR) is 96.9 cm³/mol. The molecule has 0 amide bonds. The van der Waals surface area contributed by atoms with Gasteiger partial charge in [-0.3, -0.25) is 14.3 Å². The number of fused-ring (bicyclic) bond motifs is 1. The van der Waals surface area contributed by atoms with Crippen LogP contribution < -0.4 is 11.2 Å². The first-order chi connectivity index (χ1) is 12.5. The zero-order chi connectivity index (χ0) is 18.3. The lowest BCUT2D eigenvalue weighted by atomic mass is 10.2. The van der Waals surface area contributed by atoms with Gasteiger partial charge in [0.1, 0.15) is 10.6 Å². The Hall–Kier alpha value is -3.39. The summed E-state index contributed by atoms with van der Waals surface area (Å²) in [6.45, 7) is -0.145. The molecule has 8 heteroatoms. The van der Waals surface area contributed by atoms with Crippen molar-refractivity contribution in [2.45, 2.75) is 6.54 Å². The average Bonchev–Trinajstić information content (AvgIpc) is 3.26. The Labute approximate surface area is 149 Å². The van der Waals surface area contributed by atoms with Crippen molar-refractivity contribution in [1.29, 1.82) is 0 Å². The molecule has 0 saturated carbocycles. The van der Waals surface area contributed by atoms with Crippen LogP contribution in [0.15, 0.2) is 62.5 Å². The van der Waals surface area contributed by atoms with E-state index in [9.17, 15) is 14.4 Å². The summed E-state index contributed by atoms with van der Waals surface area (Å²) in [6.07, 6.45) is 0. The van der Waals surface area contributed by atoms with Crippen molar-refractivity contribution in [2.75, 3.05) is 0 Å². The molecule has 3 heterocycles. The number of aromatic nitrogens is 2. The minimum Gasteiger partial charge on any atom is -0.475 e. The van der Waals surface area contributed by atoms with Crippen LogP contribution in [0.2, 0.25) is 0 Å². The summed E-state index contributed by atoms with van der Waals surface area (Å²) >= 11 is 1.33. The molecular weight excluding hydrogens is 356 g/mol. The number of thiophene rings is 1. The highest BCUT2D eigenvalue weighted by atomic mass is 32.1. The number of carbonyl (C=O) groups is 1. The van der Waals surface area contributed by atoms with Gasteiger partial charge in [-0.05, 0) is 23.8 Å². The Morgan fingerprint density at radius 2 is 1.92 bits per heavy atom. The van der Waals surface area contributed by atoms with Gasteiger partial charge in [-0.1, -0.05) is 30.3 Å². The summed E-state index contributed by atoms with van der Waals surface area (Å²) in [7, 11) is 0. The van der Waals surface area contributed by atoms with Crippen LogP contribution >= 0.6 is 11.3 Å². The molecule has 0 radical (unpaired) electrons. The van der Waals surface area contributed by atoms with E-state index in [1.165, 1.54) is 23.5 Å². The van der Waals surface area contributed by atoms with Gasteiger partial charge >= 0.3 is 11.7 Å². The van der Waals surface area contributed by atoms with Gasteiger partial charge in [-0.25, -0.2) is 9.59 Å². The van der Waals surface area contributed by atoms with E-state index in [0.717, 1.165) is 15.0 Å². The first-order valence-electron chi connectivity index (χ1n) is 7.67. The summed E-state index contributed by atoms with van der Waals surface area (Å²) in [4.78, 5) is 40.0. The predicted octanol–water partition coefficient (Wildman–Crippen LogP) is 2.76. The molecule has 7 nitrogen and oxygen atoms in total. The molecule has 0 fully saturated rings. The molecule has 4 aromatic rings. The number of furan rings is 1. The molecule has 4 rings (SSSR count). The molecular formula is C18H12N2O5S. The Morgan fingerprint density at radius 3 is 2.62 bits per heavy atom. The summed E-state index contributed by atoms with van der Waals surface area (Å²) in [6, 6.07) is 14.0.